The Kier molecular flexibility index (Phi) is 3.07. The highest BCUT2D eigenvalue weighted by molar-refractivity contribution is 5.12. The third kappa shape index (κ3) is 2.21. The summed E-state index contributed by atoms with van der Waals surface area (Å²) in [7, 11) is 0. The molecular formula is C11H19N3O. The van der Waals surface area contributed by atoms with Gasteiger partial charge < -0.3 is 15.4 Å². The third-order valence-electron chi connectivity index (χ3n) is 3.21. The topological polar surface area (TPSA) is 60.9 Å². The smallest absolute Gasteiger partial charge is 0.135 e. The van der Waals surface area contributed by atoms with Crippen molar-refractivity contribution in [1.29, 1.82) is 0 Å². The number of aromatic nitrogens is 2. The second-order valence-corrected chi connectivity index (χ2v) is 4.38. The Bertz CT molecular complexity index is 309. The maximum Gasteiger partial charge on any atom is 0.135 e. The largest absolute Gasteiger partial charge is 0.385 e. The molecule has 0 spiro atoms. The van der Waals surface area contributed by atoms with Crippen molar-refractivity contribution >= 4 is 0 Å². The number of aliphatic hydroxyl groups excluding tert-OH is 1. The van der Waals surface area contributed by atoms with Gasteiger partial charge >= 0.3 is 0 Å². The molecule has 3 N–H and O–H groups in total. The molecule has 1 aliphatic heterocycles. The van der Waals surface area contributed by atoms with E-state index in [1.165, 1.54) is 0 Å². The van der Waals surface area contributed by atoms with Crippen molar-refractivity contribution in [3.8, 4) is 0 Å². The Morgan fingerprint density at radius 3 is 2.80 bits per heavy atom. The van der Waals surface area contributed by atoms with Gasteiger partial charge in [0.2, 0.25) is 0 Å². The van der Waals surface area contributed by atoms with Gasteiger partial charge in [-0.25, -0.2) is 4.98 Å². The summed E-state index contributed by atoms with van der Waals surface area (Å²) in [6, 6.07) is 0. The van der Waals surface area contributed by atoms with Gasteiger partial charge in [-0.15, -0.1) is 0 Å². The molecule has 2 atom stereocenters. The van der Waals surface area contributed by atoms with E-state index in [1.807, 2.05) is 13.8 Å². The molecule has 2 rings (SSSR count). The highest BCUT2D eigenvalue weighted by Crippen LogP contribution is 2.25. The third-order valence-corrected chi connectivity index (χ3v) is 3.21. The molecule has 1 aliphatic rings. The summed E-state index contributed by atoms with van der Waals surface area (Å²) in [6.07, 6.45) is 1.76. The van der Waals surface area contributed by atoms with E-state index in [9.17, 15) is 5.11 Å². The van der Waals surface area contributed by atoms with Crippen molar-refractivity contribution in [3.05, 3.63) is 17.2 Å². The van der Waals surface area contributed by atoms with Crippen LogP contribution >= 0.6 is 0 Å². The summed E-state index contributed by atoms with van der Waals surface area (Å²) in [5.74, 6) is 1.02. The first-order chi connectivity index (χ1) is 7.18. The van der Waals surface area contributed by atoms with Gasteiger partial charge in [-0.1, -0.05) is 0 Å². The minimum atomic E-state index is -0.454. The normalized spacial score (nSPS) is 24.1. The van der Waals surface area contributed by atoms with Gasteiger partial charge in [0.1, 0.15) is 11.9 Å². The van der Waals surface area contributed by atoms with Crippen LogP contribution < -0.4 is 5.32 Å². The molecule has 0 saturated carbocycles. The van der Waals surface area contributed by atoms with Crippen LogP contribution in [-0.4, -0.2) is 28.2 Å². The molecule has 0 bridgehead atoms. The zero-order chi connectivity index (χ0) is 10.8. The summed E-state index contributed by atoms with van der Waals surface area (Å²) in [6.45, 7) is 5.90. The van der Waals surface area contributed by atoms with E-state index in [0.717, 1.165) is 43.1 Å². The first kappa shape index (κ1) is 10.6. The van der Waals surface area contributed by atoms with Gasteiger partial charge in [0.25, 0.3) is 0 Å². The predicted octanol–water partition coefficient (Wildman–Crippen LogP) is 1.06. The number of H-pyrrole nitrogens is 1. The quantitative estimate of drug-likeness (QED) is 0.682. The average molecular weight is 209 g/mol. The van der Waals surface area contributed by atoms with Crippen molar-refractivity contribution in [2.45, 2.75) is 32.8 Å². The lowest BCUT2D eigenvalue weighted by molar-refractivity contribution is 0.0849. The van der Waals surface area contributed by atoms with Crippen LogP contribution in [0, 0.1) is 19.8 Å². The number of hydrogen-bond acceptors (Lipinski definition) is 3. The van der Waals surface area contributed by atoms with Crippen molar-refractivity contribution in [3.63, 3.8) is 0 Å². The van der Waals surface area contributed by atoms with Crippen LogP contribution in [0.2, 0.25) is 0 Å². The molecule has 4 nitrogen and oxygen atoms in total. The van der Waals surface area contributed by atoms with E-state index in [0.29, 0.717) is 5.92 Å². The van der Waals surface area contributed by atoms with Crippen LogP contribution in [0.15, 0.2) is 0 Å². The Morgan fingerprint density at radius 1 is 1.47 bits per heavy atom. The molecule has 1 aromatic rings. The molecule has 84 valence electrons. The molecular weight excluding hydrogens is 190 g/mol. The fourth-order valence-corrected chi connectivity index (χ4v) is 2.09. The first-order valence-corrected chi connectivity index (χ1v) is 5.60. The maximum absolute atomic E-state index is 10.1. The van der Waals surface area contributed by atoms with Crippen molar-refractivity contribution < 1.29 is 5.11 Å². The average Bonchev–Trinajstić information content (AvgIpc) is 2.59. The maximum atomic E-state index is 10.1. The lowest BCUT2D eigenvalue weighted by atomic mass is 9.93. The second-order valence-electron chi connectivity index (χ2n) is 4.38. The highest BCUT2D eigenvalue weighted by atomic mass is 16.3. The lowest BCUT2D eigenvalue weighted by Crippen LogP contribution is -2.33. The Labute approximate surface area is 90.1 Å². The molecule has 15 heavy (non-hydrogen) atoms. The van der Waals surface area contributed by atoms with Gasteiger partial charge in [0.15, 0.2) is 0 Å². The van der Waals surface area contributed by atoms with Crippen molar-refractivity contribution in [2.75, 3.05) is 13.1 Å². The first-order valence-electron chi connectivity index (χ1n) is 5.60. The van der Waals surface area contributed by atoms with Crippen molar-refractivity contribution in [2.24, 2.45) is 5.92 Å². The predicted molar refractivity (Wildman–Crippen MR) is 58.6 cm³/mol. The SMILES string of the molecule is Cc1nc(C(O)C2CCCNC2)[nH]c1C. The van der Waals surface area contributed by atoms with Gasteiger partial charge in [0.05, 0.1) is 5.69 Å². The van der Waals surface area contributed by atoms with E-state index in [-0.39, 0.29) is 0 Å². The molecule has 0 amide bonds. The molecule has 2 heterocycles. The molecule has 0 aliphatic carbocycles. The fourth-order valence-electron chi connectivity index (χ4n) is 2.09. The van der Waals surface area contributed by atoms with Crippen LogP contribution in [0.5, 0.6) is 0 Å². The fraction of sp³-hybridized carbons (Fsp3) is 0.727. The number of aryl methyl sites for hydroxylation is 2. The molecule has 1 saturated heterocycles. The summed E-state index contributed by atoms with van der Waals surface area (Å²) in [5.41, 5.74) is 2.03. The highest BCUT2D eigenvalue weighted by Gasteiger charge is 2.25. The minimum absolute atomic E-state index is 0.295. The summed E-state index contributed by atoms with van der Waals surface area (Å²) >= 11 is 0. The van der Waals surface area contributed by atoms with Crippen LogP contribution in [0.3, 0.4) is 0 Å². The molecule has 2 unspecified atom stereocenters. The molecule has 0 aromatic carbocycles. The van der Waals surface area contributed by atoms with E-state index < -0.39 is 6.10 Å². The van der Waals surface area contributed by atoms with E-state index in [1.54, 1.807) is 0 Å². The molecule has 1 aromatic heterocycles. The molecule has 0 radical (unpaired) electrons. The van der Waals surface area contributed by atoms with Crippen molar-refractivity contribution in [1.82, 2.24) is 15.3 Å². The van der Waals surface area contributed by atoms with E-state index in [4.69, 9.17) is 0 Å². The van der Waals surface area contributed by atoms with E-state index >= 15 is 0 Å². The van der Waals surface area contributed by atoms with Crippen LogP contribution in [0.25, 0.3) is 0 Å². The number of imidazole rings is 1. The summed E-state index contributed by atoms with van der Waals surface area (Å²) in [4.78, 5) is 7.50. The number of piperidine rings is 1. The molecule has 4 heteroatoms. The summed E-state index contributed by atoms with van der Waals surface area (Å²) in [5, 5.41) is 13.5. The van der Waals surface area contributed by atoms with Gasteiger partial charge in [-0.3, -0.25) is 0 Å². The zero-order valence-electron chi connectivity index (χ0n) is 9.38. The minimum Gasteiger partial charge on any atom is -0.385 e. The lowest BCUT2D eigenvalue weighted by Gasteiger charge is -2.26. The Hall–Kier alpha value is -0.870. The number of rotatable bonds is 2. The zero-order valence-corrected chi connectivity index (χ0v) is 9.38. The standard InChI is InChI=1S/C11H19N3O/c1-7-8(2)14-11(13-7)10(15)9-4-3-5-12-6-9/h9-10,12,15H,3-6H2,1-2H3,(H,13,14). The van der Waals surface area contributed by atoms with Crippen LogP contribution in [0.1, 0.15) is 36.2 Å². The van der Waals surface area contributed by atoms with Gasteiger partial charge in [-0.05, 0) is 33.2 Å². The number of nitrogens with one attached hydrogen (secondary N) is 2. The van der Waals surface area contributed by atoms with Crippen LogP contribution in [-0.2, 0) is 0 Å². The number of aromatic amines is 1. The van der Waals surface area contributed by atoms with Gasteiger partial charge in [0, 0.05) is 18.2 Å². The van der Waals surface area contributed by atoms with Crippen LogP contribution in [0.4, 0.5) is 0 Å². The van der Waals surface area contributed by atoms with Gasteiger partial charge in [-0.2, -0.15) is 0 Å². The second kappa shape index (κ2) is 4.33. The monoisotopic (exact) mass is 209 g/mol. The molecule has 1 fully saturated rings. The Balaban J connectivity index is 2.08. The number of aliphatic hydroxyl groups is 1. The summed E-state index contributed by atoms with van der Waals surface area (Å²) < 4.78 is 0. The number of hydrogen-bond donors (Lipinski definition) is 3. The number of nitrogens with zero attached hydrogens (tertiary/aromatic N) is 1. The Morgan fingerprint density at radius 2 is 2.27 bits per heavy atom. The van der Waals surface area contributed by atoms with E-state index in [2.05, 4.69) is 15.3 Å².